The van der Waals surface area contributed by atoms with Gasteiger partial charge in [0.05, 0.1) is 11.3 Å². The number of nitrogens with zero attached hydrogens (tertiary/aromatic N) is 3. The van der Waals surface area contributed by atoms with Crippen LogP contribution in [0.2, 0.25) is 0 Å². The fraction of sp³-hybridized carbons (Fsp3) is 0.136. The molecule has 0 aliphatic heterocycles. The van der Waals surface area contributed by atoms with Gasteiger partial charge in [0.2, 0.25) is 4.96 Å². The van der Waals surface area contributed by atoms with E-state index < -0.39 is 5.97 Å². The molecular formula is C22H18N4O4S. The molecule has 2 aromatic carbocycles. The van der Waals surface area contributed by atoms with Crippen LogP contribution >= 0.6 is 11.3 Å². The minimum atomic E-state index is -0.589. The molecule has 0 spiro atoms. The van der Waals surface area contributed by atoms with Crippen LogP contribution in [0.15, 0.2) is 59.4 Å². The predicted molar refractivity (Wildman–Crippen MR) is 117 cm³/mol. The van der Waals surface area contributed by atoms with E-state index >= 15 is 0 Å². The summed E-state index contributed by atoms with van der Waals surface area (Å²) < 4.78 is 6.52. The number of amides is 1. The van der Waals surface area contributed by atoms with Crippen molar-refractivity contribution in [3.8, 4) is 0 Å². The highest BCUT2D eigenvalue weighted by atomic mass is 32.1. The van der Waals surface area contributed by atoms with E-state index in [-0.39, 0.29) is 23.6 Å². The summed E-state index contributed by atoms with van der Waals surface area (Å²) in [5.74, 6) is -0.864. The highest BCUT2D eigenvalue weighted by molar-refractivity contribution is 7.16. The Morgan fingerprint density at radius 3 is 2.61 bits per heavy atom. The van der Waals surface area contributed by atoms with Crippen LogP contribution in [0, 0.1) is 13.8 Å². The molecule has 0 saturated carbocycles. The molecule has 0 aliphatic carbocycles. The zero-order chi connectivity index (χ0) is 22.0. The molecular weight excluding hydrogens is 416 g/mol. The Balaban J connectivity index is 1.44. The second-order valence-electron chi connectivity index (χ2n) is 6.88. The quantitative estimate of drug-likeness (QED) is 0.483. The van der Waals surface area contributed by atoms with Crippen LogP contribution in [0.1, 0.15) is 37.0 Å². The number of aromatic nitrogens is 3. The molecule has 0 fully saturated rings. The first-order chi connectivity index (χ1) is 14.9. The van der Waals surface area contributed by atoms with Crippen molar-refractivity contribution in [2.45, 2.75) is 20.5 Å². The Kier molecular flexibility index (Phi) is 5.59. The Morgan fingerprint density at radius 1 is 1.06 bits per heavy atom. The third kappa shape index (κ3) is 4.67. The summed E-state index contributed by atoms with van der Waals surface area (Å²) in [6.45, 7) is 3.57. The number of benzene rings is 2. The Hall–Kier alpha value is -3.85. The minimum Gasteiger partial charge on any atom is -0.456 e. The highest BCUT2D eigenvalue weighted by Gasteiger charge is 2.13. The molecule has 4 aromatic rings. The average molecular weight is 434 g/mol. The molecule has 0 radical (unpaired) electrons. The molecule has 2 aromatic heterocycles. The van der Waals surface area contributed by atoms with Crippen molar-refractivity contribution >= 4 is 33.9 Å². The monoisotopic (exact) mass is 434 g/mol. The zero-order valence-corrected chi connectivity index (χ0v) is 17.6. The maximum atomic E-state index is 12.5. The molecule has 0 bridgehead atoms. The van der Waals surface area contributed by atoms with Crippen molar-refractivity contribution < 1.29 is 14.3 Å². The molecule has 2 heterocycles. The molecule has 1 N–H and O–H groups in total. The van der Waals surface area contributed by atoms with Gasteiger partial charge in [-0.1, -0.05) is 35.1 Å². The number of carbonyl (C=O) groups excluding carboxylic acids is 2. The van der Waals surface area contributed by atoms with Crippen LogP contribution in [0.5, 0.6) is 0 Å². The molecule has 0 unspecified atom stereocenters. The van der Waals surface area contributed by atoms with Gasteiger partial charge in [-0.15, -0.1) is 0 Å². The van der Waals surface area contributed by atoms with Crippen LogP contribution in [-0.4, -0.2) is 26.5 Å². The van der Waals surface area contributed by atoms with Crippen molar-refractivity contribution in [2.24, 2.45) is 0 Å². The minimum absolute atomic E-state index is 0.151. The van der Waals surface area contributed by atoms with Gasteiger partial charge in [-0.3, -0.25) is 9.59 Å². The number of ether oxygens (including phenoxy) is 1. The molecule has 8 nitrogen and oxygen atoms in total. The number of anilines is 1. The van der Waals surface area contributed by atoms with Crippen molar-refractivity contribution in [3.05, 3.63) is 92.3 Å². The van der Waals surface area contributed by atoms with Crippen molar-refractivity contribution in [1.82, 2.24) is 14.6 Å². The number of hydrogen-bond acceptors (Lipinski definition) is 7. The van der Waals surface area contributed by atoms with E-state index in [0.717, 1.165) is 5.56 Å². The maximum absolute atomic E-state index is 12.5. The number of rotatable bonds is 5. The number of aryl methyl sites for hydroxylation is 2. The summed E-state index contributed by atoms with van der Waals surface area (Å²) in [5, 5.41) is 7.55. The first-order valence-corrected chi connectivity index (χ1v) is 10.2. The fourth-order valence-corrected chi connectivity index (χ4v) is 3.65. The maximum Gasteiger partial charge on any atom is 0.338 e. The fourth-order valence-electron chi connectivity index (χ4n) is 2.88. The van der Waals surface area contributed by atoms with E-state index in [2.05, 4.69) is 15.4 Å². The number of carbonyl (C=O) groups is 2. The van der Waals surface area contributed by atoms with Crippen LogP contribution in [0.4, 0.5) is 5.69 Å². The van der Waals surface area contributed by atoms with Gasteiger partial charge in [0, 0.05) is 17.3 Å². The smallest absolute Gasteiger partial charge is 0.338 e. The molecule has 31 heavy (non-hydrogen) atoms. The predicted octanol–water partition coefficient (Wildman–Crippen LogP) is 3.38. The Labute approximate surface area is 181 Å². The summed E-state index contributed by atoms with van der Waals surface area (Å²) in [6, 6.07) is 14.9. The van der Waals surface area contributed by atoms with Crippen LogP contribution in [0.3, 0.4) is 0 Å². The normalized spacial score (nSPS) is 10.8. The summed E-state index contributed by atoms with van der Waals surface area (Å²) in [7, 11) is 0. The van der Waals surface area contributed by atoms with Gasteiger partial charge in [0.25, 0.3) is 11.5 Å². The molecule has 156 valence electrons. The lowest BCUT2D eigenvalue weighted by atomic mass is 10.1. The van der Waals surface area contributed by atoms with Crippen LogP contribution in [-0.2, 0) is 11.3 Å². The van der Waals surface area contributed by atoms with E-state index in [1.165, 1.54) is 28.0 Å². The second-order valence-corrected chi connectivity index (χ2v) is 8.04. The van der Waals surface area contributed by atoms with Gasteiger partial charge in [-0.05, 0) is 44.2 Å². The SMILES string of the molecule is Cc1ccc(C(=O)Nc2cccc(C(=O)OCc3cc(=O)n4nc(C)sc4n3)c2)cc1. The standard InChI is InChI=1S/C22H18N4O4S/c1-13-6-8-15(9-7-13)20(28)23-17-5-3-4-16(10-17)21(29)30-12-18-11-19(27)26-22(24-18)31-14(2)25-26/h3-11H,12H2,1-2H3,(H,23,28). The lowest BCUT2D eigenvalue weighted by Gasteiger charge is -2.08. The number of fused-ring (bicyclic) bond motifs is 1. The van der Waals surface area contributed by atoms with Gasteiger partial charge in [0.1, 0.15) is 11.6 Å². The molecule has 9 heteroatoms. The molecule has 0 aliphatic rings. The first kappa shape index (κ1) is 20.4. The lowest BCUT2D eigenvalue weighted by Crippen LogP contribution is -2.16. The topological polar surface area (TPSA) is 103 Å². The number of esters is 1. The van der Waals surface area contributed by atoms with Crippen molar-refractivity contribution in [1.29, 1.82) is 0 Å². The summed E-state index contributed by atoms with van der Waals surface area (Å²) in [5.41, 5.74) is 2.32. The molecule has 0 saturated heterocycles. The largest absolute Gasteiger partial charge is 0.456 e. The van der Waals surface area contributed by atoms with Crippen molar-refractivity contribution in [2.75, 3.05) is 5.32 Å². The zero-order valence-electron chi connectivity index (χ0n) is 16.8. The number of hydrogen-bond donors (Lipinski definition) is 1. The average Bonchev–Trinajstić information content (AvgIpc) is 3.13. The van der Waals surface area contributed by atoms with Gasteiger partial charge in [-0.2, -0.15) is 9.61 Å². The van der Waals surface area contributed by atoms with Crippen LogP contribution < -0.4 is 10.9 Å². The van der Waals surface area contributed by atoms with Gasteiger partial charge in [-0.25, -0.2) is 9.78 Å². The third-order valence-electron chi connectivity index (χ3n) is 4.42. The van der Waals surface area contributed by atoms with E-state index in [4.69, 9.17) is 4.74 Å². The Morgan fingerprint density at radius 2 is 1.84 bits per heavy atom. The van der Waals surface area contributed by atoms with Crippen LogP contribution in [0.25, 0.3) is 4.96 Å². The lowest BCUT2D eigenvalue weighted by molar-refractivity contribution is 0.0467. The third-order valence-corrected chi connectivity index (χ3v) is 5.24. The van der Waals surface area contributed by atoms with Gasteiger partial charge < -0.3 is 10.1 Å². The second kappa shape index (κ2) is 8.49. The molecule has 4 rings (SSSR count). The molecule has 0 atom stereocenters. The molecule has 1 amide bonds. The summed E-state index contributed by atoms with van der Waals surface area (Å²) in [6.07, 6.45) is 0. The van der Waals surface area contributed by atoms with Gasteiger partial charge >= 0.3 is 5.97 Å². The first-order valence-electron chi connectivity index (χ1n) is 9.41. The highest BCUT2D eigenvalue weighted by Crippen LogP contribution is 2.15. The number of nitrogens with one attached hydrogen (secondary N) is 1. The van der Waals surface area contributed by atoms with E-state index in [9.17, 15) is 14.4 Å². The van der Waals surface area contributed by atoms with Gasteiger partial charge in [0.15, 0.2) is 0 Å². The van der Waals surface area contributed by atoms with E-state index in [0.29, 0.717) is 26.9 Å². The Bertz CT molecular complexity index is 1340. The summed E-state index contributed by atoms with van der Waals surface area (Å²) in [4.78, 5) is 41.7. The van der Waals surface area contributed by atoms with Crippen molar-refractivity contribution in [3.63, 3.8) is 0 Å². The van der Waals surface area contributed by atoms with E-state index in [1.54, 1.807) is 37.3 Å². The van der Waals surface area contributed by atoms with E-state index in [1.807, 2.05) is 19.1 Å². The summed E-state index contributed by atoms with van der Waals surface area (Å²) >= 11 is 1.28.